The van der Waals surface area contributed by atoms with Gasteiger partial charge in [0.05, 0.1) is 6.04 Å². The molecular weight excluding hydrogens is 170 g/mol. The van der Waals surface area contributed by atoms with Crippen LogP contribution in [0.25, 0.3) is 0 Å². The summed E-state index contributed by atoms with van der Waals surface area (Å²) in [6, 6.07) is 2.17. The zero-order chi connectivity index (χ0) is 8.39. The number of hydrogen-bond acceptors (Lipinski definition) is 3. The topological polar surface area (TPSA) is 29.4 Å². The van der Waals surface area contributed by atoms with Crippen molar-refractivity contribution in [1.82, 2.24) is 0 Å². The third-order valence-electron chi connectivity index (χ3n) is 2.23. The van der Waals surface area contributed by atoms with Gasteiger partial charge in [0, 0.05) is 4.88 Å². The van der Waals surface area contributed by atoms with Gasteiger partial charge in [0.1, 0.15) is 0 Å². The quantitative estimate of drug-likeness (QED) is 0.481. The summed E-state index contributed by atoms with van der Waals surface area (Å²) in [4.78, 5) is 15.3. The van der Waals surface area contributed by atoms with Crippen LogP contribution in [0, 0.1) is 0 Å². The lowest BCUT2D eigenvalue weighted by molar-refractivity contribution is 0.540. The molecule has 2 rings (SSSR count). The highest BCUT2D eigenvalue weighted by atomic mass is 32.1. The van der Waals surface area contributed by atoms with Gasteiger partial charge in [-0.1, -0.05) is 0 Å². The second-order valence-electron chi connectivity index (χ2n) is 2.93. The van der Waals surface area contributed by atoms with Gasteiger partial charge in [0.15, 0.2) is 0 Å². The SMILES string of the molecule is O=C=NC1CCCc2sccc21. The molecule has 1 aromatic rings. The largest absolute Gasteiger partial charge is 0.235 e. The van der Waals surface area contributed by atoms with E-state index in [2.05, 4.69) is 16.4 Å². The maximum atomic E-state index is 10.1. The van der Waals surface area contributed by atoms with Crippen LogP contribution in [-0.4, -0.2) is 6.08 Å². The standard InChI is InChI=1S/C9H9NOS/c11-6-10-8-2-1-3-9-7(8)4-5-12-9/h4-5,8H,1-3H2. The van der Waals surface area contributed by atoms with E-state index >= 15 is 0 Å². The first kappa shape index (κ1) is 7.71. The lowest BCUT2D eigenvalue weighted by Gasteiger charge is -2.16. The number of hydrogen-bond donors (Lipinski definition) is 0. The van der Waals surface area contributed by atoms with E-state index in [1.165, 1.54) is 10.4 Å². The van der Waals surface area contributed by atoms with Crippen LogP contribution in [-0.2, 0) is 11.2 Å². The summed E-state index contributed by atoms with van der Waals surface area (Å²) in [6.07, 6.45) is 4.94. The van der Waals surface area contributed by atoms with Crippen molar-refractivity contribution >= 4 is 17.4 Å². The first-order chi connectivity index (χ1) is 5.92. The molecule has 1 atom stereocenters. The predicted octanol–water partition coefficient (Wildman–Crippen LogP) is 2.46. The summed E-state index contributed by atoms with van der Waals surface area (Å²) in [5.41, 5.74) is 1.25. The van der Waals surface area contributed by atoms with Crippen LogP contribution in [0.2, 0.25) is 0 Å². The zero-order valence-electron chi connectivity index (χ0n) is 6.62. The summed E-state index contributed by atoms with van der Waals surface area (Å²) in [5, 5.41) is 2.07. The molecule has 0 radical (unpaired) electrons. The molecule has 62 valence electrons. The van der Waals surface area contributed by atoms with Gasteiger partial charge < -0.3 is 0 Å². The Bertz CT molecular complexity index is 325. The molecular formula is C9H9NOS. The molecule has 3 heteroatoms. The molecule has 12 heavy (non-hydrogen) atoms. The number of isocyanates is 1. The minimum absolute atomic E-state index is 0.0949. The molecule has 1 aliphatic carbocycles. The van der Waals surface area contributed by atoms with Crippen molar-refractivity contribution in [3.63, 3.8) is 0 Å². The summed E-state index contributed by atoms with van der Waals surface area (Å²) in [6.45, 7) is 0. The molecule has 0 bridgehead atoms. The summed E-state index contributed by atoms with van der Waals surface area (Å²) < 4.78 is 0. The molecule has 0 aliphatic heterocycles. The molecule has 1 unspecified atom stereocenters. The first-order valence-corrected chi connectivity index (χ1v) is 4.93. The van der Waals surface area contributed by atoms with Crippen molar-refractivity contribution in [3.05, 3.63) is 21.9 Å². The highest BCUT2D eigenvalue weighted by Crippen LogP contribution is 2.35. The Morgan fingerprint density at radius 2 is 2.58 bits per heavy atom. The molecule has 0 amide bonds. The smallest absolute Gasteiger partial charge is 0.211 e. The summed E-state index contributed by atoms with van der Waals surface area (Å²) in [5.74, 6) is 0. The molecule has 0 aromatic carbocycles. The Kier molecular flexibility index (Phi) is 2.07. The second-order valence-corrected chi connectivity index (χ2v) is 3.93. The van der Waals surface area contributed by atoms with E-state index in [0.717, 1.165) is 19.3 Å². The van der Waals surface area contributed by atoms with E-state index in [-0.39, 0.29) is 6.04 Å². The fourth-order valence-electron chi connectivity index (χ4n) is 1.66. The predicted molar refractivity (Wildman–Crippen MR) is 48.1 cm³/mol. The number of carbonyl (C=O) groups excluding carboxylic acids is 1. The molecule has 0 saturated carbocycles. The van der Waals surface area contributed by atoms with Crippen molar-refractivity contribution < 1.29 is 4.79 Å². The van der Waals surface area contributed by atoms with Crippen molar-refractivity contribution in [2.24, 2.45) is 4.99 Å². The van der Waals surface area contributed by atoms with Crippen LogP contribution in [0.1, 0.15) is 29.3 Å². The molecule has 1 aliphatic rings. The summed E-state index contributed by atoms with van der Waals surface area (Å²) >= 11 is 1.77. The van der Waals surface area contributed by atoms with E-state index in [1.54, 1.807) is 17.4 Å². The Labute approximate surface area is 74.9 Å². The minimum atomic E-state index is 0.0949. The van der Waals surface area contributed by atoms with Gasteiger partial charge in [-0.25, -0.2) is 4.79 Å². The highest BCUT2D eigenvalue weighted by Gasteiger charge is 2.19. The molecule has 2 nitrogen and oxygen atoms in total. The number of rotatable bonds is 1. The summed E-state index contributed by atoms with van der Waals surface area (Å²) in [7, 11) is 0. The fraction of sp³-hybridized carbons (Fsp3) is 0.444. The van der Waals surface area contributed by atoms with Crippen LogP contribution < -0.4 is 0 Å². The van der Waals surface area contributed by atoms with Crippen LogP contribution in [0.15, 0.2) is 16.4 Å². The Morgan fingerprint density at radius 3 is 3.42 bits per heavy atom. The van der Waals surface area contributed by atoms with Crippen molar-refractivity contribution in [1.29, 1.82) is 0 Å². The van der Waals surface area contributed by atoms with Crippen LogP contribution in [0.3, 0.4) is 0 Å². The average molecular weight is 179 g/mol. The molecule has 1 heterocycles. The molecule has 1 aromatic heterocycles. The first-order valence-electron chi connectivity index (χ1n) is 4.05. The van der Waals surface area contributed by atoms with Crippen LogP contribution in [0.4, 0.5) is 0 Å². The van der Waals surface area contributed by atoms with Crippen molar-refractivity contribution in [2.75, 3.05) is 0 Å². The third-order valence-corrected chi connectivity index (χ3v) is 3.23. The van der Waals surface area contributed by atoms with Gasteiger partial charge in [0.25, 0.3) is 0 Å². The van der Waals surface area contributed by atoms with Gasteiger partial charge in [-0.15, -0.1) is 11.3 Å². The lowest BCUT2D eigenvalue weighted by Crippen LogP contribution is -2.04. The minimum Gasteiger partial charge on any atom is -0.211 e. The molecule has 0 fully saturated rings. The average Bonchev–Trinajstić information content (AvgIpc) is 2.53. The zero-order valence-corrected chi connectivity index (χ0v) is 7.43. The van der Waals surface area contributed by atoms with Gasteiger partial charge in [-0.2, -0.15) is 4.99 Å². The number of thiophene rings is 1. The number of aliphatic imine (C=N–C) groups is 1. The second kappa shape index (κ2) is 3.21. The van der Waals surface area contributed by atoms with Crippen molar-refractivity contribution in [3.8, 4) is 0 Å². The maximum Gasteiger partial charge on any atom is 0.235 e. The number of nitrogens with zero attached hydrogens (tertiary/aromatic N) is 1. The molecule has 0 spiro atoms. The van der Waals surface area contributed by atoms with Gasteiger partial charge in [-0.05, 0) is 36.3 Å². The Balaban J connectivity index is 2.37. The van der Waals surface area contributed by atoms with E-state index in [1.807, 2.05) is 0 Å². The Morgan fingerprint density at radius 1 is 1.67 bits per heavy atom. The molecule has 0 N–H and O–H groups in total. The normalized spacial score (nSPS) is 21.2. The van der Waals surface area contributed by atoms with Crippen LogP contribution >= 0.6 is 11.3 Å². The van der Waals surface area contributed by atoms with E-state index in [4.69, 9.17) is 0 Å². The van der Waals surface area contributed by atoms with E-state index in [0.29, 0.717) is 0 Å². The van der Waals surface area contributed by atoms with E-state index in [9.17, 15) is 4.79 Å². The van der Waals surface area contributed by atoms with E-state index < -0.39 is 0 Å². The highest BCUT2D eigenvalue weighted by molar-refractivity contribution is 7.10. The maximum absolute atomic E-state index is 10.1. The van der Waals surface area contributed by atoms with Gasteiger partial charge in [0.2, 0.25) is 6.08 Å². The van der Waals surface area contributed by atoms with Crippen LogP contribution in [0.5, 0.6) is 0 Å². The number of fused-ring (bicyclic) bond motifs is 1. The molecule has 0 saturated heterocycles. The fourth-order valence-corrected chi connectivity index (χ4v) is 2.64. The lowest BCUT2D eigenvalue weighted by atomic mass is 9.95. The Hall–Kier alpha value is -0.920. The van der Waals surface area contributed by atoms with Gasteiger partial charge >= 0.3 is 0 Å². The van der Waals surface area contributed by atoms with Crippen molar-refractivity contribution in [2.45, 2.75) is 25.3 Å². The third kappa shape index (κ3) is 1.22. The number of aryl methyl sites for hydroxylation is 1. The monoisotopic (exact) mass is 179 g/mol. The van der Waals surface area contributed by atoms with Gasteiger partial charge in [-0.3, -0.25) is 0 Å².